The fourth-order valence-corrected chi connectivity index (χ4v) is 3.80. The fraction of sp³-hybridized carbons (Fsp3) is 0.357. The molecule has 1 heterocycles. The molecule has 0 spiro atoms. The van der Waals surface area contributed by atoms with Crippen LogP contribution in [0.25, 0.3) is 0 Å². The molecule has 0 aliphatic heterocycles. The van der Waals surface area contributed by atoms with Gasteiger partial charge < -0.3 is 5.73 Å². The van der Waals surface area contributed by atoms with Crippen LogP contribution in [0.15, 0.2) is 34.7 Å². The first kappa shape index (κ1) is 16.1. The molecule has 21 heavy (non-hydrogen) atoms. The van der Waals surface area contributed by atoms with Crippen LogP contribution in [0.4, 0.5) is 0 Å². The number of hydrogen-bond donors (Lipinski definition) is 2. The predicted molar refractivity (Wildman–Crippen MR) is 84.8 cm³/mol. The Hall–Kier alpha value is -1.28. The molecule has 0 amide bonds. The van der Waals surface area contributed by atoms with E-state index in [0.29, 0.717) is 13.1 Å². The fourth-order valence-electron chi connectivity index (χ4n) is 1.92. The van der Waals surface area contributed by atoms with Gasteiger partial charge in [-0.1, -0.05) is 13.0 Å². The lowest BCUT2D eigenvalue weighted by Crippen LogP contribution is -2.28. The van der Waals surface area contributed by atoms with E-state index in [1.165, 1.54) is 11.3 Å². The maximum atomic E-state index is 12.3. The Kier molecular flexibility index (Phi) is 5.10. The van der Waals surface area contributed by atoms with Gasteiger partial charge in [-0.05, 0) is 30.2 Å². The minimum absolute atomic E-state index is 0.0409. The van der Waals surface area contributed by atoms with Gasteiger partial charge in [-0.2, -0.15) is 0 Å². The average Bonchev–Trinajstić information content (AvgIpc) is 2.99. The summed E-state index contributed by atoms with van der Waals surface area (Å²) in [6.07, 6.45) is 1.72. The molecule has 1 aromatic carbocycles. The summed E-state index contributed by atoms with van der Waals surface area (Å²) in [6.45, 7) is 4.50. The summed E-state index contributed by atoms with van der Waals surface area (Å²) in [4.78, 5) is 4.45. The first-order valence-electron chi connectivity index (χ1n) is 6.62. The summed E-state index contributed by atoms with van der Waals surface area (Å²) in [7, 11) is -3.52. The molecular formula is C14H19N3O2S2. The maximum absolute atomic E-state index is 12.3. The second-order valence-corrected chi connectivity index (χ2v) is 7.61. The first-order chi connectivity index (χ1) is 9.94. The van der Waals surface area contributed by atoms with E-state index < -0.39 is 10.0 Å². The van der Waals surface area contributed by atoms with Crippen LogP contribution in [0.1, 0.15) is 29.0 Å². The number of aryl methyl sites for hydroxylation is 1. The standard InChI is InChI=1S/C14H19N3O2S2/c1-10-3-4-13(7-12(10)8-15)21(18,19)17-9-11(2)14-16-5-6-20-14/h3-7,11,17H,8-9,15H2,1-2H3. The SMILES string of the molecule is Cc1ccc(S(=O)(=O)NCC(C)c2nccs2)cc1CN. The minimum Gasteiger partial charge on any atom is -0.326 e. The van der Waals surface area contributed by atoms with E-state index in [1.807, 2.05) is 19.2 Å². The summed E-state index contributed by atoms with van der Waals surface area (Å²) in [5.41, 5.74) is 7.46. The Labute approximate surface area is 129 Å². The number of nitrogens with zero attached hydrogens (tertiary/aromatic N) is 1. The highest BCUT2D eigenvalue weighted by Gasteiger charge is 2.17. The van der Waals surface area contributed by atoms with E-state index in [-0.39, 0.29) is 10.8 Å². The molecule has 1 atom stereocenters. The maximum Gasteiger partial charge on any atom is 0.240 e. The highest BCUT2D eigenvalue weighted by atomic mass is 32.2. The Balaban J connectivity index is 2.11. The summed E-state index contributed by atoms with van der Waals surface area (Å²) in [5.74, 6) is 0.0409. The summed E-state index contributed by atoms with van der Waals surface area (Å²) in [6, 6.07) is 5.01. The second kappa shape index (κ2) is 6.65. The van der Waals surface area contributed by atoms with Gasteiger partial charge in [-0.25, -0.2) is 18.1 Å². The number of rotatable bonds is 6. The van der Waals surface area contributed by atoms with Gasteiger partial charge in [-0.15, -0.1) is 11.3 Å². The third-order valence-corrected chi connectivity index (χ3v) is 5.73. The number of thiazole rings is 1. The molecule has 1 unspecified atom stereocenters. The monoisotopic (exact) mass is 325 g/mol. The lowest BCUT2D eigenvalue weighted by atomic mass is 10.1. The van der Waals surface area contributed by atoms with Crippen molar-refractivity contribution in [2.75, 3.05) is 6.54 Å². The first-order valence-corrected chi connectivity index (χ1v) is 8.99. The number of nitrogens with one attached hydrogen (secondary N) is 1. The molecule has 114 valence electrons. The van der Waals surface area contributed by atoms with Gasteiger partial charge in [0.15, 0.2) is 0 Å². The van der Waals surface area contributed by atoms with Crippen molar-refractivity contribution >= 4 is 21.4 Å². The average molecular weight is 325 g/mol. The van der Waals surface area contributed by atoms with Gasteiger partial charge in [0, 0.05) is 30.6 Å². The molecule has 1 aromatic heterocycles. The predicted octanol–water partition coefficient (Wildman–Crippen LogP) is 1.99. The Bertz CT molecular complexity index is 697. The van der Waals surface area contributed by atoms with Gasteiger partial charge in [0.2, 0.25) is 10.0 Å². The number of nitrogens with two attached hydrogens (primary N) is 1. The van der Waals surface area contributed by atoms with Crippen LogP contribution in [0.3, 0.4) is 0 Å². The van der Waals surface area contributed by atoms with E-state index >= 15 is 0 Å². The zero-order valence-corrected chi connectivity index (χ0v) is 13.7. The second-order valence-electron chi connectivity index (χ2n) is 4.92. The molecule has 2 aromatic rings. The van der Waals surface area contributed by atoms with E-state index in [2.05, 4.69) is 9.71 Å². The summed E-state index contributed by atoms with van der Waals surface area (Å²) >= 11 is 1.52. The van der Waals surface area contributed by atoms with E-state index in [9.17, 15) is 8.42 Å². The zero-order chi connectivity index (χ0) is 15.5. The van der Waals surface area contributed by atoms with Crippen molar-refractivity contribution in [3.63, 3.8) is 0 Å². The van der Waals surface area contributed by atoms with Gasteiger partial charge in [-0.3, -0.25) is 0 Å². The van der Waals surface area contributed by atoms with Crippen LogP contribution >= 0.6 is 11.3 Å². The number of sulfonamides is 1. The molecule has 0 saturated carbocycles. The van der Waals surface area contributed by atoms with Gasteiger partial charge >= 0.3 is 0 Å². The summed E-state index contributed by atoms with van der Waals surface area (Å²) in [5, 5.41) is 2.80. The van der Waals surface area contributed by atoms with Crippen molar-refractivity contribution in [1.29, 1.82) is 0 Å². The molecule has 0 radical (unpaired) electrons. The molecular weight excluding hydrogens is 306 g/mol. The van der Waals surface area contributed by atoms with Crippen molar-refractivity contribution in [2.24, 2.45) is 5.73 Å². The van der Waals surface area contributed by atoms with Crippen molar-refractivity contribution in [3.05, 3.63) is 45.9 Å². The molecule has 2 rings (SSSR count). The number of hydrogen-bond acceptors (Lipinski definition) is 5. The van der Waals surface area contributed by atoms with E-state index in [1.54, 1.807) is 24.4 Å². The molecule has 7 heteroatoms. The largest absolute Gasteiger partial charge is 0.326 e. The molecule has 0 fully saturated rings. The lowest BCUT2D eigenvalue weighted by Gasteiger charge is -2.12. The van der Waals surface area contributed by atoms with Gasteiger partial charge in [0.05, 0.1) is 9.90 Å². The molecule has 5 nitrogen and oxygen atoms in total. The van der Waals surface area contributed by atoms with Crippen molar-refractivity contribution < 1.29 is 8.42 Å². The molecule has 0 bridgehead atoms. The lowest BCUT2D eigenvalue weighted by molar-refractivity contribution is 0.574. The normalized spacial score (nSPS) is 13.3. The Morgan fingerprint density at radius 2 is 2.19 bits per heavy atom. The van der Waals surface area contributed by atoms with Crippen molar-refractivity contribution in [3.8, 4) is 0 Å². The van der Waals surface area contributed by atoms with Crippen LogP contribution in [-0.4, -0.2) is 19.9 Å². The van der Waals surface area contributed by atoms with E-state index in [0.717, 1.165) is 16.1 Å². The van der Waals surface area contributed by atoms with Gasteiger partial charge in [0.1, 0.15) is 0 Å². The van der Waals surface area contributed by atoms with E-state index in [4.69, 9.17) is 5.73 Å². The molecule has 0 aliphatic carbocycles. The Morgan fingerprint density at radius 3 is 2.81 bits per heavy atom. The topological polar surface area (TPSA) is 85.1 Å². The van der Waals surface area contributed by atoms with Crippen LogP contribution in [0.5, 0.6) is 0 Å². The number of aromatic nitrogens is 1. The van der Waals surface area contributed by atoms with Crippen LogP contribution in [-0.2, 0) is 16.6 Å². The van der Waals surface area contributed by atoms with Crippen LogP contribution < -0.4 is 10.5 Å². The molecule has 3 N–H and O–H groups in total. The highest BCUT2D eigenvalue weighted by molar-refractivity contribution is 7.89. The minimum atomic E-state index is -3.52. The Morgan fingerprint density at radius 1 is 1.43 bits per heavy atom. The van der Waals surface area contributed by atoms with Gasteiger partial charge in [0.25, 0.3) is 0 Å². The van der Waals surface area contributed by atoms with Crippen molar-refractivity contribution in [2.45, 2.75) is 31.2 Å². The number of benzene rings is 1. The third kappa shape index (κ3) is 3.88. The van der Waals surface area contributed by atoms with Crippen molar-refractivity contribution in [1.82, 2.24) is 9.71 Å². The quantitative estimate of drug-likeness (QED) is 0.850. The zero-order valence-electron chi connectivity index (χ0n) is 12.0. The third-order valence-electron chi connectivity index (χ3n) is 3.30. The molecule has 0 saturated heterocycles. The summed E-state index contributed by atoms with van der Waals surface area (Å²) < 4.78 is 27.3. The van der Waals surface area contributed by atoms with Crippen LogP contribution in [0, 0.1) is 6.92 Å². The smallest absolute Gasteiger partial charge is 0.240 e. The van der Waals surface area contributed by atoms with Crippen LogP contribution in [0.2, 0.25) is 0 Å². The highest BCUT2D eigenvalue weighted by Crippen LogP contribution is 2.19. The molecule has 0 aliphatic rings.